The second-order valence-electron chi connectivity index (χ2n) is 5.07. The van der Waals surface area contributed by atoms with E-state index in [0.29, 0.717) is 36.8 Å². The normalized spacial score (nSPS) is 16.4. The van der Waals surface area contributed by atoms with Gasteiger partial charge in [-0.25, -0.2) is 0 Å². The van der Waals surface area contributed by atoms with Crippen molar-refractivity contribution in [2.24, 2.45) is 0 Å². The first kappa shape index (κ1) is 15.8. The minimum atomic E-state index is -0.0395. The van der Waals surface area contributed by atoms with Gasteiger partial charge in [-0.05, 0) is 18.6 Å². The van der Waals surface area contributed by atoms with Crippen molar-refractivity contribution in [2.75, 3.05) is 39.8 Å². The van der Waals surface area contributed by atoms with Crippen LogP contribution in [0.2, 0.25) is 5.02 Å². The second-order valence-corrected chi connectivity index (χ2v) is 5.48. The lowest BCUT2D eigenvalue weighted by molar-refractivity contribution is -0.121. The zero-order chi connectivity index (χ0) is 15.2. The molecule has 2 rings (SSSR count). The molecule has 1 fully saturated rings. The molecular weight excluding hydrogens is 290 g/mol. The van der Waals surface area contributed by atoms with Gasteiger partial charge in [-0.15, -0.1) is 0 Å². The molecule has 0 saturated carbocycles. The van der Waals surface area contributed by atoms with E-state index in [1.165, 1.54) is 0 Å². The number of halogens is 1. The number of carbonyl (C=O) groups excluding carboxylic acids is 2. The van der Waals surface area contributed by atoms with E-state index in [-0.39, 0.29) is 11.8 Å². The van der Waals surface area contributed by atoms with Gasteiger partial charge in [-0.3, -0.25) is 14.5 Å². The number of carbonyl (C=O) groups is 2. The molecule has 0 aromatic heterocycles. The first-order valence-electron chi connectivity index (χ1n) is 7.08. The first-order chi connectivity index (χ1) is 10.1. The van der Waals surface area contributed by atoms with Gasteiger partial charge in [-0.2, -0.15) is 0 Å². The molecule has 21 heavy (non-hydrogen) atoms. The minimum Gasteiger partial charge on any atom is -0.358 e. The lowest BCUT2D eigenvalue weighted by Gasteiger charge is -2.22. The molecule has 0 atom stereocenters. The van der Waals surface area contributed by atoms with Crippen molar-refractivity contribution in [1.29, 1.82) is 0 Å². The van der Waals surface area contributed by atoms with E-state index in [4.69, 9.17) is 11.6 Å². The highest BCUT2D eigenvalue weighted by Gasteiger charge is 2.22. The molecule has 114 valence electrons. The van der Waals surface area contributed by atoms with Crippen molar-refractivity contribution in [1.82, 2.24) is 15.1 Å². The molecule has 1 aliphatic rings. The maximum Gasteiger partial charge on any atom is 0.255 e. The maximum absolute atomic E-state index is 12.5. The summed E-state index contributed by atoms with van der Waals surface area (Å²) in [5.74, 6) is -0.0386. The van der Waals surface area contributed by atoms with E-state index in [1.807, 2.05) is 17.0 Å². The Morgan fingerprint density at radius 3 is 2.67 bits per heavy atom. The quantitative estimate of drug-likeness (QED) is 0.914. The zero-order valence-electron chi connectivity index (χ0n) is 12.1. The van der Waals surface area contributed by atoms with Crippen molar-refractivity contribution in [3.63, 3.8) is 0 Å². The molecule has 1 aromatic carbocycles. The highest BCUT2D eigenvalue weighted by molar-refractivity contribution is 6.33. The Balaban J connectivity index is 1.98. The Bertz CT molecular complexity index is 521. The smallest absolute Gasteiger partial charge is 0.255 e. The zero-order valence-corrected chi connectivity index (χ0v) is 12.9. The summed E-state index contributed by atoms with van der Waals surface area (Å²) >= 11 is 6.08. The number of nitrogens with one attached hydrogen (secondary N) is 1. The SMILES string of the molecule is CNC(=O)CN1CCCN(C(=O)c2ccccc2Cl)CC1. The van der Waals surface area contributed by atoms with Gasteiger partial charge in [0.05, 0.1) is 17.1 Å². The van der Waals surface area contributed by atoms with Gasteiger partial charge in [0.15, 0.2) is 0 Å². The van der Waals surface area contributed by atoms with Crippen molar-refractivity contribution < 1.29 is 9.59 Å². The molecule has 1 aliphatic heterocycles. The van der Waals surface area contributed by atoms with Crippen LogP contribution in [0.5, 0.6) is 0 Å². The van der Waals surface area contributed by atoms with E-state index >= 15 is 0 Å². The Hall–Kier alpha value is -1.59. The number of hydrogen-bond acceptors (Lipinski definition) is 3. The summed E-state index contributed by atoms with van der Waals surface area (Å²) in [5, 5.41) is 3.10. The van der Waals surface area contributed by atoms with E-state index in [2.05, 4.69) is 10.2 Å². The first-order valence-corrected chi connectivity index (χ1v) is 7.46. The molecule has 5 nitrogen and oxygen atoms in total. The molecule has 1 aromatic rings. The maximum atomic E-state index is 12.5. The number of benzene rings is 1. The standard InChI is InChI=1S/C15H20ClN3O2/c1-17-14(20)11-18-7-4-8-19(10-9-18)15(21)12-5-2-3-6-13(12)16/h2-3,5-6H,4,7-11H2,1H3,(H,17,20). The minimum absolute atomic E-state index is 0.000815. The van der Waals surface area contributed by atoms with Crippen LogP contribution in [0.4, 0.5) is 0 Å². The lowest BCUT2D eigenvalue weighted by atomic mass is 10.2. The van der Waals surface area contributed by atoms with E-state index in [0.717, 1.165) is 13.0 Å². The summed E-state index contributed by atoms with van der Waals surface area (Å²) in [4.78, 5) is 27.8. The highest BCUT2D eigenvalue weighted by Crippen LogP contribution is 2.18. The fourth-order valence-electron chi connectivity index (χ4n) is 2.42. The third-order valence-corrected chi connectivity index (χ3v) is 3.96. The van der Waals surface area contributed by atoms with Crippen LogP contribution in [-0.4, -0.2) is 61.4 Å². The average molecular weight is 310 g/mol. The number of nitrogens with zero attached hydrogens (tertiary/aromatic N) is 2. The molecule has 0 spiro atoms. The molecule has 6 heteroatoms. The molecule has 0 unspecified atom stereocenters. The Kier molecular flexibility index (Phi) is 5.59. The van der Waals surface area contributed by atoms with Gasteiger partial charge in [0.25, 0.3) is 5.91 Å². The molecular formula is C15H20ClN3O2. The Morgan fingerprint density at radius 1 is 1.19 bits per heavy atom. The van der Waals surface area contributed by atoms with E-state index in [1.54, 1.807) is 19.2 Å². The van der Waals surface area contributed by atoms with Crippen molar-refractivity contribution in [2.45, 2.75) is 6.42 Å². The summed E-state index contributed by atoms with van der Waals surface area (Å²) in [6.45, 7) is 3.20. The van der Waals surface area contributed by atoms with Crippen LogP contribution in [0.25, 0.3) is 0 Å². The molecule has 0 radical (unpaired) electrons. The van der Waals surface area contributed by atoms with Gasteiger partial charge >= 0.3 is 0 Å². The van der Waals surface area contributed by atoms with Crippen LogP contribution in [-0.2, 0) is 4.79 Å². The van der Waals surface area contributed by atoms with Crippen molar-refractivity contribution >= 4 is 23.4 Å². The topological polar surface area (TPSA) is 52.7 Å². The molecule has 1 N–H and O–H groups in total. The van der Waals surface area contributed by atoms with Gasteiger partial charge < -0.3 is 10.2 Å². The van der Waals surface area contributed by atoms with E-state index in [9.17, 15) is 9.59 Å². The number of hydrogen-bond donors (Lipinski definition) is 1. The lowest BCUT2D eigenvalue weighted by Crippen LogP contribution is -2.39. The van der Waals surface area contributed by atoms with Gasteiger partial charge in [0.1, 0.15) is 0 Å². The summed E-state index contributed by atoms with van der Waals surface area (Å²) in [6.07, 6.45) is 0.854. The number of likely N-dealkylation sites (N-methyl/N-ethyl adjacent to an activating group) is 1. The molecule has 1 saturated heterocycles. The van der Waals surface area contributed by atoms with Crippen molar-refractivity contribution in [3.8, 4) is 0 Å². The predicted molar refractivity (Wildman–Crippen MR) is 82.5 cm³/mol. The van der Waals surface area contributed by atoms with Crippen LogP contribution >= 0.6 is 11.6 Å². The van der Waals surface area contributed by atoms with Gasteiger partial charge in [0, 0.05) is 33.2 Å². The molecule has 0 bridgehead atoms. The summed E-state index contributed by atoms with van der Waals surface area (Å²) in [6, 6.07) is 7.10. The van der Waals surface area contributed by atoms with Crippen LogP contribution in [0.3, 0.4) is 0 Å². The number of rotatable bonds is 3. The van der Waals surface area contributed by atoms with Gasteiger partial charge in [0.2, 0.25) is 5.91 Å². The Morgan fingerprint density at radius 2 is 1.95 bits per heavy atom. The summed E-state index contributed by atoms with van der Waals surface area (Å²) in [5.41, 5.74) is 0.541. The molecule has 2 amide bonds. The van der Waals surface area contributed by atoms with Crippen LogP contribution in [0, 0.1) is 0 Å². The molecule has 0 aliphatic carbocycles. The largest absolute Gasteiger partial charge is 0.358 e. The third-order valence-electron chi connectivity index (χ3n) is 3.63. The number of amides is 2. The fourth-order valence-corrected chi connectivity index (χ4v) is 2.64. The third kappa shape index (κ3) is 4.19. The fraction of sp³-hybridized carbons (Fsp3) is 0.467. The summed E-state index contributed by atoms with van der Waals surface area (Å²) in [7, 11) is 1.63. The van der Waals surface area contributed by atoms with Crippen LogP contribution in [0.1, 0.15) is 16.8 Å². The Labute approximate surface area is 129 Å². The monoisotopic (exact) mass is 309 g/mol. The van der Waals surface area contributed by atoms with Crippen LogP contribution < -0.4 is 5.32 Å². The highest BCUT2D eigenvalue weighted by atomic mass is 35.5. The molecule has 1 heterocycles. The predicted octanol–water partition coefficient (Wildman–Crippen LogP) is 1.23. The van der Waals surface area contributed by atoms with Gasteiger partial charge in [-0.1, -0.05) is 23.7 Å². The second kappa shape index (κ2) is 7.43. The summed E-state index contributed by atoms with van der Waals surface area (Å²) < 4.78 is 0. The van der Waals surface area contributed by atoms with Crippen molar-refractivity contribution in [3.05, 3.63) is 34.9 Å². The van der Waals surface area contributed by atoms with E-state index < -0.39 is 0 Å². The van der Waals surface area contributed by atoms with Crippen LogP contribution in [0.15, 0.2) is 24.3 Å². The average Bonchev–Trinajstić information content (AvgIpc) is 2.72.